The van der Waals surface area contributed by atoms with Gasteiger partial charge in [-0.15, -0.1) is 0 Å². The molecule has 2 aromatic rings. The SMILES string of the molecule is COc1cccc(CNCc2ccc(C(=O)O)c(F)c2)c1. The lowest BCUT2D eigenvalue weighted by Gasteiger charge is -2.07. The quantitative estimate of drug-likeness (QED) is 0.858. The maximum Gasteiger partial charge on any atom is 0.338 e. The van der Waals surface area contributed by atoms with Gasteiger partial charge in [0.1, 0.15) is 11.6 Å². The molecule has 2 aromatic carbocycles. The van der Waals surface area contributed by atoms with Crippen LogP contribution in [0.15, 0.2) is 42.5 Å². The summed E-state index contributed by atoms with van der Waals surface area (Å²) in [5.41, 5.74) is 1.43. The van der Waals surface area contributed by atoms with Crippen LogP contribution in [0.5, 0.6) is 5.75 Å². The van der Waals surface area contributed by atoms with Crippen LogP contribution in [0.25, 0.3) is 0 Å². The third-order valence-electron chi connectivity index (χ3n) is 3.06. The lowest BCUT2D eigenvalue weighted by Crippen LogP contribution is -2.13. The molecule has 0 unspecified atom stereocenters. The van der Waals surface area contributed by atoms with E-state index < -0.39 is 11.8 Å². The molecule has 21 heavy (non-hydrogen) atoms. The molecular formula is C16H16FNO3. The van der Waals surface area contributed by atoms with E-state index in [1.165, 1.54) is 12.1 Å². The number of rotatable bonds is 6. The van der Waals surface area contributed by atoms with Crippen molar-refractivity contribution < 1.29 is 19.0 Å². The number of carboxylic acid groups (broad SMARTS) is 1. The minimum absolute atomic E-state index is 0.313. The van der Waals surface area contributed by atoms with Crippen molar-refractivity contribution in [2.24, 2.45) is 0 Å². The highest BCUT2D eigenvalue weighted by molar-refractivity contribution is 5.87. The Morgan fingerprint density at radius 3 is 2.52 bits per heavy atom. The van der Waals surface area contributed by atoms with Gasteiger partial charge in [0, 0.05) is 13.1 Å². The summed E-state index contributed by atoms with van der Waals surface area (Å²) in [6.07, 6.45) is 0. The number of carboxylic acids is 1. The molecular weight excluding hydrogens is 273 g/mol. The average molecular weight is 289 g/mol. The maximum absolute atomic E-state index is 13.5. The molecule has 0 aromatic heterocycles. The Hall–Kier alpha value is -2.40. The van der Waals surface area contributed by atoms with Gasteiger partial charge in [-0.3, -0.25) is 0 Å². The molecule has 0 amide bonds. The Kier molecular flexibility index (Phi) is 4.90. The molecule has 0 saturated carbocycles. The summed E-state index contributed by atoms with van der Waals surface area (Å²) in [7, 11) is 1.61. The van der Waals surface area contributed by atoms with Gasteiger partial charge in [-0.1, -0.05) is 18.2 Å². The summed E-state index contributed by atoms with van der Waals surface area (Å²) >= 11 is 0. The van der Waals surface area contributed by atoms with Crippen molar-refractivity contribution in [1.29, 1.82) is 0 Å². The molecule has 0 saturated heterocycles. The van der Waals surface area contributed by atoms with E-state index >= 15 is 0 Å². The fourth-order valence-corrected chi connectivity index (χ4v) is 1.98. The van der Waals surface area contributed by atoms with Gasteiger partial charge in [-0.2, -0.15) is 0 Å². The summed E-state index contributed by atoms with van der Waals surface area (Å²) in [6, 6.07) is 11.8. The lowest BCUT2D eigenvalue weighted by atomic mass is 10.1. The number of aromatic carboxylic acids is 1. The van der Waals surface area contributed by atoms with E-state index in [-0.39, 0.29) is 5.56 Å². The first-order valence-corrected chi connectivity index (χ1v) is 6.45. The molecule has 4 nitrogen and oxygen atoms in total. The van der Waals surface area contributed by atoms with Crippen molar-refractivity contribution in [2.75, 3.05) is 7.11 Å². The number of benzene rings is 2. The second-order valence-electron chi connectivity index (χ2n) is 4.57. The van der Waals surface area contributed by atoms with Gasteiger partial charge in [-0.25, -0.2) is 9.18 Å². The minimum atomic E-state index is -1.26. The fourth-order valence-electron chi connectivity index (χ4n) is 1.98. The largest absolute Gasteiger partial charge is 0.497 e. The summed E-state index contributed by atoms with van der Waals surface area (Å²) in [5.74, 6) is -1.20. The number of carbonyl (C=O) groups is 1. The number of halogens is 1. The van der Waals surface area contributed by atoms with E-state index in [0.29, 0.717) is 18.7 Å². The normalized spacial score (nSPS) is 10.4. The lowest BCUT2D eigenvalue weighted by molar-refractivity contribution is 0.0692. The van der Waals surface area contributed by atoms with E-state index in [4.69, 9.17) is 9.84 Å². The van der Waals surface area contributed by atoms with E-state index in [9.17, 15) is 9.18 Å². The monoisotopic (exact) mass is 289 g/mol. The Balaban J connectivity index is 1.94. The highest BCUT2D eigenvalue weighted by Crippen LogP contribution is 2.13. The van der Waals surface area contributed by atoms with Crippen molar-refractivity contribution in [3.05, 3.63) is 65.0 Å². The Bertz CT molecular complexity index is 643. The minimum Gasteiger partial charge on any atom is -0.497 e. The molecule has 0 spiro atoms. The molecule has 5 heteroatoms. The Labute approximate surface area is 122 Å². The second-order valence-corrected chi connectivity index (χ2v) is 4.57. The molecule has 0 bridgehead atoms. The molecule has 0 aliphatic carbocycles. The van der Waals surface area contributed by atoms with Gasteiger partial charge < -0.3 is 15.2 Å². The number of hydrogen-bond donors (Lipinski definition) is 2. The van der Waals surface area contributed by atoms with E-state index in [1.54, 1.807) is 13.2 Å². The van der Waals surface area contributed by atoms with Crippen molar-refractivity contribution >= 4 is 5.97 Å². The van der Waals surface area contributed by atoms with Gasteiger partial charge >= 0.3 is 5.97 Å². The molecule has 0 radical (unpaired) electrons. The molecule has 0 fully saturated rings. The van der Waals surface area contributed by atoms with E-state index in [0.717, 1.165) is 11.3 Å². The van der Waals surface area contributed by atoms with Crippen molar-refractivity contribution in [2.45, 2.75) is 13.1 Å². The molecule has 110 valence electrons. The molecule has 0 aliphatic heterocycles. The first kappa shape index (κ1) is 15.0. The Morgan fingerprint density at radius 2 is 1.90 bits per heavy atom. The number of methoxy groups -OCH3 is 1. The van der Waals surface area contributed by atoms with Crippen LogP contribution in [0.1, 0.15) is 21.5 Å². The van der Waals surface area contributed by atoms with Crippen LogP contribution >= 0.6 is 0 Å². The van der Waals surface area contributed by atoms with Gasteiger partial charge in [0.05, 0.1) is 12.7 Å². The fraction of sp³-hybridized carbons (Fsp3) is 0.188. The van der Waals surface area contributed by atoms with Crippen LogP contribution in [0.4, 0.5) is 4.39 Å². The van der Waals surface area contributed by atoms with E-state index in [1.807, 2.05) is 24.3 Å². The van der Waals surface area contributed by atoms with Crippen LogP contribution in [0.3, 0.4) is 0 Å². The van der Waals surface area contributed by atoms with E-state index in [2.05, 4.69) is 5.32 Å². The zero-order valence-corrected chi connectivity index (χ0v) is 11.6. The summed E-state index contributed by atoms with van der Waals surface area (Å²) in [5, 5.41) is 11.9. The molecule has 2 N–H and O–H groups in total. The summed E-state index contributed by atoms with van der Waals surface area (Å²) < 4.78 is 18.7. The van der Waals surface area contributed by atoms with Gasteiger partial charge in [-0.05, 0) is 35.4 Å². The van der Waals surface area contributed by atoms with Crippen LogP contribution in [-0.2, 0) is 13.1 Å². The molecule has 0 aliphatic rings. The zero-order valence-electron chi connectivity index (χ0n) is 11.6. The number of ether oxygens (including phenoxy) is 1. The first-order chi connectivity index (χ1) is 10.1. The van der Waals surface area contributed by atoms with Crippen LogP contribution in [0.2, 0.25) is 0 Å². The third kappa shape index (κ3) is 4.03. The van der Waals surface area contributed by atoms with Crippen LogP contribution < -0.4 is 10.1 Å². The molecule has 0 heterocycles. The third-order valence-corrected chi connectivity index (χ3v) is 3.06. The summed E-state index contributed by atoms with van der Waals surface area (Å²) in [6.45, 7) is 1.06. The maximum atomic E-state index is 13.5. The highest BCUT2D eigenvalue weighted by atomic mass is 19.1. The van der Waals surface area contributed by atoms with Crippen molar-refractivity contribution in [3.63, 3.8) is 0 Å². The van der Waals surface area contributed by atoms with Crippen molar-refractivity contribution in [3.8, 4) is 5.75 Å². The second kappa shape index (κ2) is 6.85. The highest BCUT2D eigenvalue weighted by Gasteiger charge is 2.10. The summed E-state index contributed by atoms with van der Waals surface area (Å²) in [4.78, 5) is 10.7. The molecule has 0 atom stereocenters. The first-order valence-electron chi connectivity index (χ1n) is 6.45. The van der Waals surface area contributed by atoms with Crippen LogP contribution in [-0.4, -0.2) is 18.2 Å². The Morgan fingerprint density at radius 1 is 1.19 bits per heavy atom. The van der Waals surface area contributed by atoms with Gasteiger partial charge in [0.25, 0.3) is 0 Å². The van der Waals surface area contributed by atoms with Gasteiger partial charge in [0.15, 0.2) is 0 Å². The average Bonchev–Trinajstić information content (AvgIpc) is 2.47. The number of hydrogen-bond acceptors (Lipinski definition) is 3. The van der Waals surface area contributed by atoms with Gasteiger partial charge in [0.2, 0.25) is 0 Å². The van der Waals surface area contributed by atoms with Crippen molar-refractivity contribution in [1.82, 2.24) is 5.32 Å². The number of nitrogens with one attached hydrogen (secondary N) is 1. The zero-order chi connectivity index (χ0) is 15.2. The predicted molar refractivity (Wildman–Crippen MR) is 76.9 cm³/mol. The topological polar surface area (TPSA) is 58.6 Å². The van der Waals surface area contributed by atoms with Crippen LogP contribution in [0, 0.1) is 5.82 Å². The smallest absolute Gasteiger partial charge is 0.338 e. The standard InChI is InChI=1S/C16H16FNO3/c1-21-13-4-2-3-11(7-13)9-18-10-12-5-6-14(16(19)20)15(17)8-12/h2-8,18H,9-10H2,1H3,(H,19,20). The molecule has 2 rings (SSSR count). The predicted octanol–water partition coefficient (Wildman–Crippen LogP) is 2.82.